The Morgan fingerprint density at radius 1 is 1.00 bits per heavy atom. The monoisotopic (exact) mass is 358 g/mol. The van der Waals surface area contributed by atoms with E-state index in [1.165, 1.54) is 5.56 Å². The van der Waals surface area contributed by atoms with E-state index in [0.29, 0.717) is 12.1 Å². The summed E-state index contributed by atoms with van der Waals surface area (Å²) >= 11 is 5.89. The lowest BCUT2D eigenvalue weighted by Crippen LogP contribution is -2.37. The maximum atomic E-state index is 11.5. The van der Waals surface area contributed by atoms with Crippen molar-refractivity contribution in [2.45, 2.75) is 13.0 Å². The average Bonchev–Trinajstić information content (AvgIpc) is 2.65. The standard InChI is InChI=1S/C19H23ClN4O/c1-21-18(25)16-7-3-15(4-8-16)13-24-19(22-2)23-12-11-14-5-9-17(20)10-6-14/h3-10H,11-13H2,1-2H3,(H,21,25)(H2,22,23,24). The molecule has 0 saturated heterocycles. The Labute approximate surface area is 153 Å². The fourth-order valence-corrected chi connectivity index (χ4v) is 2.43. The van der Waals surface area contributed by atoms with Crippen LogP contribution in [0.3, 0.4) is 0 Å². The predicted molar refractivity (Wildman–Crippen MR) is 103 cm³/mol. The lowest BCUT2D eigenvalue weighted by molar-refractivity contribution is 0.0963. The summed E-state index contributed by atoms with van der Waals surface area (Å²) in [5, 5.41) is 9.90. The minimum atomic E-state index is -0.0841. The quantitative estimate of drug-likeness (QED) is 0.549. The van der Waals surface area contributed by atoms with Crippen LogP contribution in [0.4, 0.5) is 0 Å². The van der Waals surface area contributed by atoms with Crippen molar-refractivity contribution in [3.05, 3.63) is 70.2 Å². The van der Waals surface area contributed by atoms with Gasteiger partial charge < -0.3 is 16.0 Å². The molecule has 0 saturated carbocycles. The van der Waals surface area contributed by atoms with Crippen LogP contribution in [-0.4, -0.2) is 32.5 Å². The summed E-state index contributed by atoms with van der Waals surface area (Å²) in [5.74, 6) is 0.656. The summed E-state index contributed by atoms with van der Waals surface area (Å²) in [5.41, 5.74) is 2.95. The minimum Gasteiger partial charge on any atom is -0.356 e. The van der Waals surface area contributed by atoms with Crippen LogP contribution in [0.25, 0.3) is 0 Å². The second-order valence-electron chi connectivity index (χ2n) is 5.51. The molecule has 0 atom stereocenters. The van der Waals surface area contributed by atoms with Crippen molar-refractivity contribution in [2.75, 3.05) is 20.6 Å². The van der Waals surface area contributed by atoms with Crippen LogP contribution in [0.2, 0.25) is 5.02 Å². The van der Waals surface area contributed by atoms with Gasteiger partial charge in [0.2, 0.25) is 0 Å². The van der Waals surface area contributed by atoms with E-state index in [4.69, 9.17) is 11.6 Å². The van der Waals surface area contributed by atoms with Gasteiger partial charge in [-0.25, -0.2) is 0 Å². The van der Waals surface area contributed by atoms with Crippen LogP contribution in [-0.2, 0) is 13.0 Å². The van der Waals surface area contributed by atoms with Gasteiger partial charge >= 0.3 is 0 Å². The van der Waals surface area contributed by atoms with Gasteiger partial charge in [0.25, 0.3) is 5.91 Å². The zero-order chi connectivity index (χ0) is 18.1. The van der Waals surface area contributed by atoms with Gasteiger partial charge in [-0.2, -0.15) is 0 Å². The Hall–Kier alpha value is -2.53. The van der Waals surface area contributed by atoms with Crippen molar-refractivity contribution in [3.8, 4) is 0 Å². The van der Waals surface area contributed by atoms with Crippen LogP contribution >= 0.6 is 11.6 Å². The third-order valence-electron chi connectivity index (χ3n) is 3.75. The minimum absolute atomic E-state index is 0.0841. The van der Waals surface area contributed by atoms with E-state index >= 15 is 0 Å². The molecule has 0 spiro atoms. The SMILES string of the molecule is CN=C(NCCc1ccc(Cl)cc1)NCc1ccc(C(=O)NC)cc1. The first-order valence-electron chi connectivity index (χ1n) is 8.12. The Bertz CT molecular complexity index is 711. The second-order valence-corrected chi connectivity index (χ2v) is 5.94. The fourth-order valence-electron chi connectivity index (χ4n) is 2.30. The number of amides is 1. The molecule has 0 aliphatic carbocycles. The largest absolute Gasteiger partial charge is 0.356 e. The van der Waals surface area contributed by atoms with Crippen LogP contribution in [0.5, 0.6) is 0 Å². The summed E-state index contributed by atoms with van der Waals surface area (Å²) in [6, 6.07) is 15.3. The molecule has 0 aliphatic heterocycles. The number of guanidine groups is 1. The maximum Gasteiger partial charge on any atom is 0.251 e. The van der Waals surface area contributed by atoms with E-state index in [1.54, 1.807) is 14.1 Å². The third kappa shape index (κ3) is 6.12. The Balaban J connectivity index is 1.78. The molecule has 0 unspecified atom stereocenters. The molecular weight excluding hydrogens is 336 g/mol. The van der Waals surface area contributed by atoms with Crippen LogP contribution in [0.1, 0.15) is 21.5 Å². The van der Waals surface area contributed by atoms with E-state index in [9.17, 15) is 4.79 Å². The number of benzene rings is 2. The van der Waals surface area contributed by atoms with Crippen molar-refractivity contribution in [1.82, 2.24) is 16.0 Å². The van der Waals surface area contributed by atoms with Gasteiger partial charge in [0.05, 0.1) is 0 Å². The number of aliphatic imine (C=N–C) groups is 1. The van der Waals surface area contributed by atoms with Crippen LogP contribution < -0.4 is 16.0 Å². The molecule has 0 aliphatic rings. The molecule has 3 N–H and O–H groups in total. The van der Waals surface area contributed by atoms with E-state index < -0.39 is 0 Å². The molecule has 5 nitrogen and oxygen atoms in total. The molecular formula is C19H23ClN4O. The molecule has 0 radical (unpaired) electrons. The number of carbonyl (C=O) groups excluding carboxylic acids is 1. The van der Waals surface area contributed by atoms with Crippen molar-refractivity contribution in [3.63, 3.8) is 0 Å². The predicted octanol–water partition coefficient (Wildman–Crippen LogP) is 2.61. The molecule has 25 heavy (non-hydrogen) atoms. The van der Waals surface area contributed by atoms with Gasteiger partial charge in [0.1, 0.15) is 0 Å². The van der Waals surface area contributed by atoms with Gasteiger partial charge in [-0.3, -0.25) is 9.79 Å². The molecule has 0 heterocycles. The highest BCUT2D eigenvalue weighted by Gasteiger charge is 2.03. The van der Waals surface area contributed by atoms with Gasteiger partial charge in [0.15, 0.2) is 5.96 Å². The summed E-state index contributed by atoms with van der Waals surface area (Å²) in [4.78, 5) is 15.7. The molecule has 0 fully saturated rings. The third-order valence-corrected chi connectivity index (χ3v) is 4.00. The molecule has 132 valence electrons. The van der Waals surface area contributed by atoms with Gasteiger partial charge in [-0.05, 0) is 41.8 Å². The van der Waals surface area contributed by atoms with Crippen LogP contribution in [0.15, 0.2) is 53.5 Å². The normalized spacial score (nSPS) is 11.1. The lowest BCUT2D eigenvalue weighted by atomic mass is 10.1. The summed E-state index contributed by atoms with van der Waals surface area (Å²) in [6.45, 7) is 1.41. The smallest absolute Gasteiger partial charge is 0.251 e. The average molecular weight is 359 g/mol. The topological polar surface area (TPSA) is 65.5 Å². The number of halogens is 1. The van der Waals surface area contributed by atoms with Gasteiger partial charge in [0, 0.05) is 37.8 Å². The molecule has 1 amide bonds. The molecule has 2 rings (SSSR count). The first-order chi connectivity index (χ1) is 12.1. The van der Waals surface area contributed by atoms with Crippen molar-refractivity contribution in [2.24, 2.45) is 4.99 Å². The highest BCUT2D eigenvalue weighted by atomic mass is 35.5. The summed E-state index contributed by atoms with van der Waals surface area (Å²) in [7, 11) is 3.36. The first-order valence-corrected chi connectivity index (χ1v) is 8.50. The molecule has 2 aromatic carbocycles. The Morgan fingerprint density at radius 3 is 2.24 bits per heavy atom. The van der Waals surface area contributed by atoms with E-state index in [0.717, 1.165) is 29.5 Å². The number of nitrogens with one attached hydrogen (secondary N) is 3. The van der Waals surface area contributed by atoms with E-state index in [1.807, 2.05) is 48.5 Å². The number of hydrogen-bond acceptors (Lipinski definition) is 2. The number of nitrogens with zero attached hydrogens (tertiary/aromatic N) is 1. The number of hydrogen-bond donors (Lipinski definition) is 3. The molecule has 2 aromatic rings. The molecule has 0 aromatic heterocycles. The van der Waals surface area contributed by atoms with Gasteiger partial charge in [-0.15, -0.1) is 0 Å². The Kier molecular flexibility index (Phi) is 7.29. The maximum absolute atomic E-state index is 11.5. The molecule has 6 heteroatoms. The zero-order valence-corrected chi connectivity index (χ0v) is 15.2. The Morgan fingerprint density at radius 2 is 1.64 bits per heavy atom. The van der Waals surface area contributed by atoms with Crippen molar-refractivity contribution in [1.29, 1.82) is 0 Å². The second kappa shape index (κ2) is 9.69. The highest BCUT2D eigenvalue weighted by molar-refractivity contribution is 6.30. The van der Waals surface area contributed by atoms with E-state index in [2.05, 4.69) is 20.9 Å². The van der Waals surface area contributed by atoms with Crippen LogP contribution in [0, 0.1) is 0 Å². The van der Waals surface area contributed by atoms with E-state index in [-0.39, 0.29) is 5.91 Å². The lowest BCUT2D eigenvalue weighted by Gasteiger charge is -2.12. The zero-order valence-electron chi connectivity index (χ0n) is 14.5. The first kappa shape index (κ1) is 18.8. The fraction of sp³-hybridized carbons (Fsp3) is 0.263. The van der Waals surface area contributed by atoms with Crippen molar-refractivity contribution < 1.29 is 4.79 Å². The van der Waals surface area contributed by atoms with Crippen molar-refractivity contribution >= 4 is 23.5 Å². The summed E-state index contributed by atoms with van der Waals surface area (Å²) < 4.78 is 0. The number of rotatable bonds is 6. The van der Waals surface area contributed by atoms with Gasteiger partial charge in [-0.1, -0.05) is 35.9 Å². The summed E-state index contributed by atoms with van der Waals surface area (Å²) in [6.07, 6.45) is 0.888. The molecule has 0 bridgehead atoms. The highest BCUT2D eigenvalue weighted by Crippen LogP contribution is 2.09. The number of carbonyl (C=O) groups is 1.